The number of piperidine rings is 1. The van der Waals surface area contributed by atoms with Crippen LogP contribution >= 0.6 is 0 Å². The number of nitrogens with one attached hydrogen (secondary N) is 1. The number of aromatic nitrogens is 1. The zero-order chi connectivity index (χ0) is 21.8. The summed E-state index contributed by atoms with van der Waals surface area (Å²) in [5.41, 5.74) is 14.6. The van der Waals surface area contributed by atoms with Gasteiger partial charge in [0, 0.05) is 43.5 Å². The van der Waals surface area contributed by atoms with E-state index < -0.39 is 5.91 Å². The van der Waals surface area contributed by atoms with E-state index in [1.54, 1.807) is 23.2 Å². The van der Waals surface area contributed by atoms with Crippen LogP contribution in [0.15, 0.2) is 36.5 Å². The van der Waals surface area contributed by atoms with Crippen LogP contribution in [-0.4, -0.2) is 67.1 Å². The highest BCUT2D eigenvalue weighted by atomic mass is 16.5. The van der Waals surface area contributed by atoms with Crippen molar-refractivity contribution in [3.05, 3.63) is 47.8 Å². The Balaban J connectivity index is 1.52. The minimum atomic E-state index is -0.608. The number of hydrogen-bond donors (Lipinski definition) is 3. The standard InChI is InChI=1S/C22H28N6O3/c23-16-2-1-7-28(14-16)18-12-19(20(21(24)29)25-13-18)26-17-5-3-15(4-6-17)22(30)27-8-10-31-11-9-27/h3-6,12-13,16,26H,1-2,7-11,14,23H2,(H2,24,29)/t16-/m1/s1. The summed E-state index contributed by atoms with van der Waals surface area (Å²) in [6.45, 7) is 3.95. The van der Waals surface area contributed by atoms with Gasteiger partial charge in [-0.2, -0.15) is 0 Å². The molecular weight excluding hydrogens is 396 g/mol. The Morgan fingerprint density at radius 2 is 1.87 bits per heavy atom. The lowest BCUT2D eigenvalue weighted by molar-refractivity contribution is 0.0303. The smallest absolute Gasteiger partial charge is 0.269 e. The van der Waals surface area contributed by atoms with Crippen molar-refractivity contribution in [2.24, 2.45) is 11.5 Å². The van der Waals surface area contributed by atoms with Gasteiger partial charge in [-0.25, -0.2) is 4.98 Å². The van der Waals surface area contributed by atoms with E-state index in [2.05, 4.69) is 15.2 Å². The zero-order valence-electron chi connectivity index (χ0n) is 17.4. The van der Waals surface area contributed by atoms with E-state index in [9.17, 15) is 9.59 Å². The number of carbonyl (C=O) groups is 2. The molecule has 2 aliphatic rings. The predicted octanol–water partition coefficient (Wildman–Crippen LogP) is 1.32. The van der Waals surface area contributed by atoms with Gasteiger partial charge in [0.1, 0.15) is 0 Å². The minimum Gasteiger partial charge on any atom is -0.378 e. The van der Waals surface area contributed by atoms with Crippen molar-refractivity contribution < 1.29 is 14.3 Å². The van der Waals surface area contributed by atoms with Crippen LogP contribution in [0.2, 0.25) is 0 Å². The molecule has 3 heterocycles. The summed E-state index contributed by atoms with van der Waals surface area (Å²) in [6.07, 6.45) is 3.68. The molecule has 0 spiro atoms. The third kappa shape index (κ3) is 4.95. The average Bonchev–Trinajstić information content (AvgIpc) is 2.79. The van der Waals surface area contributed by atoms with Crippen LogP contribution in [0.3, 0.4) is 0 Å². The second kappa shape index (κ2) is 9.32. The number of benzene rings is 1. The number of pyridine rings is 1. The molecule has 164 valence electrons. The molecule has 1 aromatic heterocycles. The molecular formula is C22H28N6O3. The predicted molar refractivity (Wildman–Crippen MR) is 119 cm³/mol. The number of nitrogens with zero attached hydrogens (tertiary/aromatic N) is 3. The fourth-order valence-electron chi connectivity index (χ4n) is 3.96. The quantitative estimate of drug-likeness (QED) is 0.661. The molecule has 2 amide bonds. The van der Waals surface area contributed by atoms with Gasteiger partial charge < -0.3 is 31.3 Å². The topological polar surface area (TPSA) is 127 Å². The highest BCUT2D eigenvalue weighted by Crippen LogP contribution is 2.27. The first-order chi connectivity index (χ1) is 15.0. The number of primary amides is 1. The van der Waals surface area contributed by atoms with Crippen LogP contribution in [0, 0.1) is 0 Å². The largest absolute Gasteiger partial charge is 0.378 e. The van der Waals surface area contributed by atoms with Crippen molar-refractivity contribution in [1.82, 2.24) is 9.88 Å². The van der Waals surface area contributed by atoms with Crippen LogP contribution in [0.25, 0.3) is 0 Å². The third-order valence-electron chi connectivity index (χ3n) is 5.64. The molecule has 1 atom stereocenters. The molecule has 0 aliphatic carbocycles. The van der Waals surface area contributed by atoms with Crippen LogP contribution in [-0.2, 0) is 4.74 Å². The fraction of sp³-hybridized carbons (Fsp3) is 0.409. The van der Waals surface area contributed by atoms with E-state index in [4.69, 9.17) is 16.2 Å². The first kappa shape index (κ1) is 21.1. The Morgan fingerprint density at radius 3 is 2.55 bits per heavy atom. The van der Waals surface area contributed by atoms with Crippen LogP contribution in [0.5, 0.6) is 0 Å². The van der Waals surface area contributed by atoms with Gasteiger partial charge in [0.2, 0.25) is 0 Å². The summed E-state index contributed by atoms with van der Waals surface area (Å²) in [6, 6.07) is 9.15. The monoisotopic (exact) mass is 424 g/mol. The molecule has 2 aromatic rings. The fourth-order valence-corrected chi connectivity index (χ4v) is 3.96. The maximum atomic E-state index is 12.6. The minimum absolute atomic E-state index is 0.0159. The number of nitrogens with two attached hydrogens (primary N) is 2. The Kier molecular flexibility index (Phi) is 6.34. The third-order valence-corrected chi connectivity index (χ3v) is 5.64. The number of hydrogen-bond acceptors (Lipinski definition) is 7. The van der Waals surface area contributed by atoms with Crippen molar-refractivity contribution in [3.63, 3.8) is 0 Å². The molecule has 2 fully saturated rings. The maximum absolute atomic E-state index is 12.6. The van der Waals surface area contributed by atoms with E-state index in [1.807, 2.05) is 18.2 Å². The molecule has 2 aliphatic heterocycles. The second-order valence-corrected chi connectivity index (χ2v) is 7.91. The average molecular weight is 425 g/mol. The molecule has 0 unspecified atom stereocenters. The Labute approximate surface area is 181 Å². The van der Waals surface area contributed by atoms with Gasteiger partial charge in [0.25, 0.3) is 11.8 Å². The highest BCUT2D eigenvalue weighted by Gasteiger charge is 2.21. The van der Waals surface area contributed by atoms with Crippen LogP contribution in [0.1, 0.15) is 33.7 Å². The Morgan fingerprint density at radius 1 is 1.13 bits per heavy atom. The lowest BCUT2D eigenvalue weighted by atomic mass is 10.1. The SMILES string of the molecule is NC(=O)c1ncc(N2CCC[C@@H](N)C2)cc1Nc1ccc(C(=O)N2CCOCC2)cc1. The molecule has 31 heavy (non-hydrogen) atoms. The summed E-state index contributed by atoms with van der Waals surface area (Å²) in [4.78, 5) is 32.8. The Bertz CT molecular complexity index is 943. The first-order valence-electron chi connectivity index (χ1n) is 10.6. The maximum Gasteiger partial charge on any atom is 0.269 e. The summed E-state index contributed by atoms with van der Waals surface area (Å²) in [5.74, 6) is -0.624. The van der Waals surface area contributed by atoms with Gasteiger partial charge in [-0.1, -0.05) is 0 Å². The van der Waals surface area contributed by atoms with E-state index in [1.165, 1.54) is 0 Å². The second-order valence-electron chi connectivity index (χ2n) is 7.91. The number of ether oxygens (including phenoxy) is 1. The summed E-state index contributed by atoms with van der Waals surface area (Å²) in [7, 11) is 0. The molecule has 4 rings (SSSR count). The lowest BCUT2D eigenvalue weighted by Gasteiger charge is -2.32. The van der Waals surface area contributed by atoms with Gasteiger partial charge in [-0.05, 0) is 43.2 Å². The van der Waals surface area contributed by atoms with Crippen molar-refractivity contribution in [2.75, 3.05) is 49.6 Å². The van der Waals surface area contributed by atoms with Crippen molar-refractivity contribution >= 4 is 28.9 Å². The molecule has 0 saturated carbocycles. The van der Waals surface area contributed by atoms with Gasteiger partial charge in [0.05, 0.1) is 30.8 Å². The number of anilines is 3. The highest BCUT2D eigenvalue weighted by molar-refractivity contribution is 5.98. The lowest BCUT2D eigenvalue weighted by Crippen LogP contribution is -2.42. The zero-order valence-corrected chi connectivity index (χ0v) is 17.4. The van der Waals surface area contributed by atoms with Gasteiger partial charge >= 0.3 is 0 Å². The molecule has 0 bridgehead atoms. The normalized spacial score (nSPS) is 19.2. The van der Waals surface area contributed by atoms with Crippen molar-refractivity contribution in [1.29, 1.82) is 0 Å². The summed E-state index contributed by atoms with van der Waals surface area (Å²) < 4.78 is 5.30. The number of carbonyl (C=O) groups excluding carboxylic acids is 2. The van der Waals surface area contributed by atoms with Gasteiger partial charge in [0.15, 0.2) is 5.69 Å². The summed E-state index contributed by atoms with van der Waals surface area (Å²) >= 11 is 0. The summed E-state index contributed by atoms with van der Waals surface area (Å²) in [5, 5.41) is 3.22. The molecule has 2 saturated heterocycles. The van der Waals surface area contributed by atoms with E-state index in [-0.39, 0.29) is 17.6 Å². The van der Waals surface area contributed by atoms with E-state index in [0.29, 0.717) is 37.6 Å². The van der Waals surface area contributed by atoms with Crippen LogP contribution < -0.4 is 21.7 Å². The molecule has 9 nitrogen and oxygen atoms in total. The number of amides is 2. The molecule has 9 heteroatoms. The molecule has 1 aromatic carbocycles. The van der Waals surface area contributed by atoms with E-state index >= 15 is 0 Å². The number of rotatable bonds is 5. The number of morpholine rings is 1. The van der Waals surface area contributed by atoms with Crippen LogP contribution in [0.4, 0.5) is 17.1 Å². The van der Waals surface area contributed by atoms with Gasteiger partial charge in [-0.3, -0.25) is 9.59 Å². The molecule has 0 radical (unpaired) electrons. The first-order valence-corrected chi connectivity index (χ1v) is 10.6. The van der Waals surface area contributed by atoms with Gasteiger partial charge in [-0.15, -0.1) is 0 Å². The van der Waals surface area contributed by atoms with E-state index in [0.717, 1.165) is 37.3 Å². The Hall–Kier alpha value is -3.17. The van der Waals surface area contributed by atoms with Crippen molar-refractivity contribution in [3.8, 4) is 0 Å². The molecule has 5 N–H and O–H groups in total. The van der Waals surface area contributed by atoms with Crippen molar-refractivity contribution in [2.45, 2.75) is 18.9 Å².